The molecule has 1 aromatic rings. The first-order valence-electron chi connectivity index (χ1n) is 6.08. The molecule has 0 saturated carbocycles. The van der Waals surface area contributed by atoms with Crippen molar-refractivity contribution in [3.8, 4) is 0 Å². The van der Waals surface area contributed by atoms with Gasteiger partial charge >= 0.3 is 5.97 Å². The molecule has 0 amide bonds. The van der Waals surface area contributed by atoms with E-state index in [1.165, 1.54) is 12.1 Å². The number of aliphatic hydroxyl groups is 2. The Morgan fingerprint density at radius 1 is 1.25 bits per heavy atom. The third kappa shape index (κ3) is 3.75. The van der Waals surface area contributed by atoms with Crippen molar-refractivity contribution < 1.29 is 24.7 Å². The molecule has 0 aliphatic rings. The molecule has 0 unspecified atom stereocenters. The highest BCUT2D eigenvalue weighted by atomic mass is 16.6. The van der Waals surface area contributed by atoms with Crippen LogP contribution in [0, 0.1) is 16.0 Å². The first-order valence-corrected chi connectivity index (χ1v) is 6.08. The summed E-state index contributed by atoms with van der Waals surface area (Å²) in [5.41, 5.74) is 0.583. The Balaban J connectivity index is 3.09. The first-order chi connectivity index (χ1) is 9.40. The average molecular weight is 283 g/mol. The minimum absolute atomic E-state index is 0.185. The Labute approximate surface area is 116 Å². The molecule has 20 heavy (non-hydrogen) atoms. The summed E-state index contributed by atoms with van der Waals surface area (Å²) in [4.78, 5) is 21.8. The Bertz CT molecular complexity index is 512. The molecule has 0 bridgehead atoms. The fourth-order valence-corrected chi connectivity index (χ4v) is 1.62. The Kier molecular flexibility index (Phi) is 5.60. The van der Waals surface area contributed by atoms with Gasteiger partial charge in [-0.15, -0.1) is 0 Å². The van der Waals surface area contributed by atoms with Crippen LogP contribution in [0.15, 0.2) is 12.1 Å². The van der Waals surface area contributed by atoms with Gasteiger partial charge in [-0.05, 0) is 17.2 Å². The highest BCUT2D eigenvalue weighted by Crippen LogP contribution is 2.25. The van der Waals surface area contributed by atoms with E-state index < -0.39 is 17.5 Å². The van der Waals surface area contributed by atoms with Gasteiger partial charge in [0, 0.05) is 6.07 Å². The van der Waals surface area contributed by atoms with Crippen LogP contribution in [-0.4, -0.2) is 21.1 Å². The number of carbonyl (C=O) groups is 1. The van der Waals surface area contributed by atoms with Crippen LogP contribution in [0.25, 0.3) is 0 Å². The first kappa shape index (κ1) is 16.1. The van der Waals surface area contributed by atoms with Crippen molar-refractivity contribution in [2.24, 2.45) is 5.92 Å². The number of ether oxygens (including phenoxy) is 1. The number of hydrogen-bond donors (Lipinski definition) is 2. The molecule has 2 N–H and O–H groups in total. The smallest absolute Gasteiger partial charge is 0.308 e. The molecule has 0 aliphatic heterocycles. The summed E-state index contributed by atoms with van der Waals surface area (Å²) in [5.74, 6) is -0.792. The van der Waals surface area contributed by atoms with Gasteiger partial charge in [0.2, 0.25) is 0 Å². The van der Waals surface area contributed by atoms with Crippen LogP contribution in [-0.2, 0) is 29.4 Å². The van der Waals surface area contributed by atoms with Crippen molar-refractivity contribution in [2.75, 3.05) is 0 Å². The van der Waals surface area contributed by atoms with E-state index in [1.54, 1.807) is 13.8 Å². The van der Waals surface area contributed by atoms with Gasteiger partial charge in [-0.2, -0.15) is 0 Å². The molecule has 7 heteroatoms. The van der Waals surface area contributed by atoms with E-state index in [0.29, 0.717) is 5.56 Å². The van der Waals surface area contributed by atoms with E-state index in [9.17, 15) is 20.0 Å². The van der Waals surface area contributed by atoms with Crippen molar-refractivity contribution in [3.05, 3.63) is 38.9 Å². The predicted molar refractivity (Wildman–Crippen MR) is 69.6 cm³/mol. The third-order valence-corrected chi connectivity index (χ3v) is 2.78. The maximum absolute atomic E-state index is 11.4. The molecule has 0 heterocycles. The van der Waals surface area contributed by atoms with Gasteiger partial charge in [-0.3, -0.25) is 14.9 Å². The zero-order valence-electron chi connectivity index (χ0n) is 11.3. The standard InChI is InChI=1S/C13H17NO6/c1-8(2)13(17)20-7-11-3-9(5-15)10(6-16)4-12(11)14(18)19/h3-4,8,15-16H,5-7H2,1-2H3. The molecule has 1 rings (SSSR count). The minimum Gasteiger partial charge on any atom is -0.460 e. The number of hydrogen-bond acceptors (Lipinski definition) is 6. The largest absolute Gasteiger partial charge is 0.460 e. The van der Waals surface area contributed by atoms with Gasteiger partial charge in [-0.25, -0.2) is 0 Å². The quantitative estimate of drug-likeness (QED) is 0.462. The SMILES string of the molecule is CC(C)C(=O)OCc1cc(CO)c(CO)cc1[N+](=O)[O-]. The van der Waals surface area contributed by atoms with E-state index in [2.05, 4.69) is 0 Å². The second kappa shape index (κ2) is 6.97. The molecular weight excluding hydrogens is 266 g/mol. The zero-order valence-corrected chi connectivity index (χ0v) is 11.3. The summed E-state index contributed by atoms with van der Waals surface area (Å²) < 4.78 is 4.97. The predicted octanol–water partition coefficient (Wildman–Crippen LogP) is 1.28. The van der Waals surface area contributed by atoms with Crippen LogP contribution in [0.2, 0.25) is 0 Å². The van der Waals surface area contributed by atoms with E-state index in [4.69, 9.17) is 9.84 Å². The number of nitro benzene ring substituents is 1. The van der Waals surface area contributed by atoms with Crippen LogP contribution in [0.4, 0.5) is 5.69 Å². The molecular formula is C13H17NO6. The second-order valence-electron chi connectivity index (χ2n) is 4.59. The summed E-state index contributed by atoms with van der Waals surface area (Å²) in [5, 5.41) is 29.3. The summed E-state index contributed by atoms with van der Waals surface area (Å²) in [6.45, 7) is 2.29. The van der Waals surface area contributed by atoms with E-state index in [1.807, 2.05) is 0 Å². The van der Waals surface area contributed by atoms with Crippen LogP contribution in [0.1, 0.15) is 30.5 Å². The fourth-order valence-electron chi connectivity index (χ4n) is 1.62. The maximum Gasteiger partial charge on any atom is 0.308 e. The molecule has 110 valence electrons. The lowest BCUT2D eigenvalue weighted by Crippen LogP contribution is -2.12. The number of nitrogens with zero attached hydrogens (tertiary/aromatic N) is 1. The summed E-state index contributed by atoms with van der Waals surface area (Å²) in [6, 6.07) is 2.56. The van der Waals surface area contributed by atoms with Gasteiger partial charge in [0.25, 0.3) is 5.69 Å². The fraction of sp³-hybridized carbons (Fsp3) is 0.462. The molecule has 7 nitrogen and oxygen atoms in total. The van der Waals surface area contributed by atoms with Crippen LogP contribution < -0.4 is 0 Å². The molecule has 0 atom stereocenters. The lowest BCUT2D eigenvalue weighted by Gasteiger charge is -2.11. The average Bonchev–Trinajstić information content (AvgIpc) is 2.43. The number of rotatable bonds is 6. The van der Waals surface area contributed by atoms with Gasteiger partial charge in [0.05, 0.1) is 29.6 Å². The number of benzene rings is 1. The zero-order chi connectivity index (χ0) is 15.3. The molecule has 0 aromatic heterocycles. The van der Waals surface area contributed by atoms with Gasteiger partial charge in [-0.1, -0.05) is 13.8 Å². The molecule has 1 aromatic carbocycles. The van der Waals surface area contributed by atoms with Crippen LogP contribution in [0.5, 0.6) is 0 Å². The van der Waals surface area contributed by atoms with Crippen molar-refractivity contribution in [2.45, 2.75) is 33.7 Å². The number of nitro groups is 1. The highest BCUT2D eigenvalue weighted by molar-refractivity contribution is 5.71. The summed E-state index contributed by atoms with van der Waals surface area (Å²) in [7, 11) is 0. The lowest BCUT2D eigenvalue weighted by molar-refractivity contribution is -0.386. The normalized spacial score (nSPS) is 10.7. The van der Waals surface area contributed by atoms with Crippen molar-refractivity contribution in [3.63, 3.8) is 0 Å². The summed E-state index contributed by atoms with van der Waals surface area (Å²) >= 11 is 0. The Hall–Kier alpha value is -1.99. The second-order valence-corrected chi connectivity index (χ2v) is 4.59. The van der Waals surface area contributed by atoms with E-state index in [0.717, 1.165) is 0 Å². The molecule has 0 spiro atoms. The molecule has 0 radical (unpaired) electrons. The van der Waals surface area contributed by atoms with E-state index >= 15 is 0 Å². The van der Waals surface area contributed by atoms with Crippen molar-refractivity contribution >= 4 is 11.7 Å². The van der Waals surface area contributed by atoms with Gasteiger partial charge in [0.15, 0.2) is 0 Å². The van der Waals surface area contributed by atoms with Crippen molar-refractivity contribution in [1.82, 2.24) is 0 Å². The lowest BCUT2D eigenvalue weighted by atomic mass is 10.0. The third-order valence-electron chi connectivity index (χ3n) is 2.78. The monoisotopic (exact) mass is 283 g/mol. The number of carbonyl (C=O) groups excluding carboxylic acids is 1. The molecule has 0 aliphatic carbocycles. The summed E-state index contributed by atoms with van der Waals surface area (Å²) in [6.07, 6.45) is 0. The van der Waals surface area contributed by atoms with Crippen LogP contribution in [0.3, 0.4) is 0 Å². The maximum atomic E-state index is 11.4. The van der Waals surface area contributed by atoms with Gasteiger partial charge < -0.3 is 14.9 Å². The van der Waals surface area contributed by atoms with Crippen molar-refractivity contribution in [1.29, 1.82) is 0 Å². The Morgan fingerprint density at radius 2 is 1.80 bits per heavy atom. The topological polar surface area (TPSA) is 110 Å². The number of aliphatic hydroxyl groups excluding tert-OH is 2. The van der Waals surface area contributed by atoms with Gasteiger partial charge in [0.1, 0.15) is 6.61 Å². The van der Waals surface area contributed by atoms with Crippen LogP contribution >= 0.6 is 0 Å². The molecule has 0 saturated heterocycles. The van der Waals surface area contributed by atoms with E-state index in [-0.39, 0.29) is 35.9 Å². The molecule has 0 fully saturated rings. The highest BCUT2D eigenvalue weighted by Gasteiger charge is 2.19. The number of esters is 1. The minimum atomic E-state index is -0.612. The Morgan fingerprint density at radius 3 is 2.25 bits per heavy atom.